The largest absolute Gasteiger partial charge is 0.477 e. The molecule has 0 saturated carbocycles. The lowest BCUT2D eigenvalue weighted by Crippen LogP contribution is -2.07. The average Bonchev–Trinajstić information content (AvgIpc) is 2.38. The summed E-state index contributed by atoms with van der Waals surface area (Å²) in [6.45, 7) is 0.455. The van der Waals surface area contributed by atoms with Crippen LogP contribution in [0.5, 0.6) is 0 Å². The number of nitrogens with zero attached hydrogens (tertiary/aromatic N) is 1. The summed E-state index contributed by atoms with van der Waals surface area (Å²) in [7, 11) is 0. The van der Waals surface area contributed by atoms with Crippen molar-refractivity contribution in [2.24, 2.45) is 0 Å². The quantitative estimate of drug-likeness (QED) is 0.882. The molecule has 0 aliphatic carbocycles. The highest BCUT2D eigenvalue weighted by Gasteiger charge is 2.04. The van der Waals surface area contributed by atoms with Crippen molar-refractivity contribution in [1.82, 2.24) is 4.98 Å². The number of carboxylic acids is 1. The van der Waals surface area contributed by atoms with Crippen LogP contribution in [0.3, 0.4) is 0 Å². The van der Waals surface area contributed by atoms with Gasteiger partial charge in [0.1, 0.15) is 17.3 Å². The third-order valence-corrected chi connectivity index (χ3v) is 2.65. The van der Waals surface area contributed by atoms with E-state index in [1.165, 1.54) is 24.4 Å². The van der Waals surface area contributed by atoms with E-state index < -0.39 is 17.6 Å². The summed E-state index contributed by atoms with van der Waals surface area (Å²) in [6.07, 6.45) is 1.84. The second-order valence-electron chi connectivity index (χ2n) is 4.19. The Balaban J connectivity index is 1.90. The molecule has 0 amide bonds. The second-order valence-corrected chi connectivity index (χ2v) is 4.19. The first-order valence-corrected chi connectivity index (χ1v) is 5.93. The number of carbonyl (C=O) groups is 1. The monoisotopic (exact) mass is 278 g/mol. The summed E-state index contributed by atoms with van der Waals surface area (Å²) in [5, 5.41) is 11.7. The first-order chi connectivity index (χ1) is 9.54. The lowest BCUT2D eigenvalue weighted by atomic mass is 10.1. The van der Waals surface area contributed by atoms with Crippen molar-refractivity contribution < 1.29 is 18.7 Å². The van der Waals surface area contributed by atoms with Crippen LogP contribution in [0.25, 0.3) is 0 Å². The van der Waals surface area contributed by atoms with E-state index in [0.717, 1.165) is 6.07 Å². The second kappa shape index (κ2) is 6.10. The first-order valence-electron chi connectivity index (χ1n) is 5.93. The van der Waals surface area contributed by atoms with Gasteiger partial charge >= 0.3 is 5.97 Å². The van der Waals surface area contributed by atoms with Crippen LogP contribution in [-0.2, 0) is 6.42 Å². The highest BCUT2D eigenvalue weighted by Crippen LogP contribution is 2.10. The number of rotatable bonds is 5. The van der Waals surface area contributed by atoms with E-state index in [1.807, 2.05) is 0 Å². The van der Waals surface area contributed by atoms with Crippen molar-refractivity contribution in [3.8, 4) is 0 Å². The first kappa shape index (κ1) is 13.9. The van der Waals surface area contributed by atoms with Gasteiger partial charge < -0.3 is 10.4 Å². The van der Waals surface area contributed by atoms with Gasteiger partial charge in [0.15, 0.2) is 0 Å². The molecule has 1 aromatic heterocycles. The molecule has 0 aliphatic rings. The average molecular weight is 278 g/mol. The van der Waals surface area contributed by atoms with Gasteiger partial charge in [0, 0.05) is 12.6 Å². The molecule has 1 aromatic carbocycles. The number of hydrogen-bond donors (Lipinski definition) is 2. The molecule has 6 heteroatoms. The fourth-order valence-electron chi connectivity index (χ4n) is 1.73. The van der Waals surface area contributed by atoms with Gasteiger partial charge in [0.05, 0.1) is 11.9 Å². The predicted octanol–water partition coefficient (Wildman–Crippen LogP) is 2.71. The molecule has 2 rings (SSSR count). The van der Waals surface area contributed by atoms with E-state index in [0.29, 0.717) is 24.2 Å². The summed E-state index contributed by atoms with van der Waals surface area (Å²) >= 11 is 0. The fourth-order valence-corrected chi connectivity index (χ4v) is 1.73. The third kappa shape index (κ3) is 3.74. The Hall–Kier alpha value is -2.50. The van der Waals surface area contributed by atoms with Gasteiger partial charge in [-0.2, -0.15) is 0 Å². The van der Waals surface area contributed by atoms with E-state index in [-0.39, 0.29) is 5.69 Å². The summed E-state index contributed by atoms with van der Waals surface area (Å²) in [5.74, 6) is -2.30. The van der Waals surface area contributed by atoms with Crippen molar-refractivity contribution in [2.45, 2.75) is 6.42 Å². The maximum Gasteiger partial charge on any atom is 0.354 e. The third-order valence-electron chi connectivity index (χ3n) is 2.65. The van der Waals surface area contributed by atoms with Crippen LogP contribution >= 0.6 is 0 Å². The topological polar surface area (TPSA) is 62.2 Å². The molecular weight excluding hydrogens is 266 g/mol. The minimum absolute atomic E-state index is 0.0391. The molecule has 2 N–H and O–H groups in total. The lowest BCUT2D eigenvalue weighted by Gasteiger charge is -2.06. The number of carboxylic acid groups (broad SMARTS) is 1. The number of halogens is 2. The molecule has 104 valence electrons. The molecule has 0 aliphatic heterocycles. The van der Waals surface area contributed by atoms with Crippen LogP contribution in [0.4, 0.5) is 14.5 Å². The van der Waals surface area contributed by atoms with E-state index >= 15 is 0 Å². The molecular formula is C14H12F2N2O2. The molecule has 0 bridgehead atoms. The number of aromatic nitrogens is 1. The van der Waals surface area contributed by atoms with E-state index in [2.05, 4.69) is 10.3 Å². The van der Waals surface area contributed by atoms with Crippen LogP contribution in [0.1, 0.15) is 16.1 Å². The highest BCUT2D eigenvalue weighted by atomic mass is 19.1. The summed E-state index contributed by atoms with van der Waals surface area (Å²) in [5.41, 5.74) is 1.15. The normalized spacial score (nSPS) is 10.3. The van der Waals surface area contributed by atoms with Gasteiger partial charge in [-0.05, 0) is 36.2 Å². The van der Waals surface area contributed by atoms with Crippen LogP contribution in [-0.4, -0.2) is 22.6 Å². The number of anilines is 1. The van der Waals surface area contributed by atoms with E-state index in [9.17, 15) is 13.6 Å². The molecule has 0 saturated heterocycles. The molecule has 1 heterocycles. The zero-order valence-electron chi connectivity index (χ0n) is 10.4. The Morgan fingerprint density at radius 2 is 1.90 bits per heavy atom. The van der Waals surface area contributed by atoms with Crippen LogP contribution < -0.4 is 5.32 Å². The van der Waals surface area contributed by atoms with Crippen molar-refractivity contribution >= 4 is 11.7 Å². The Bertz CT molecular complexity index is 595. The van der Waals surface area contributed by atoms with Crippen LogP contribution in [0, 0.1) is 11.6 Å². The number of hydrogen-bond acceptors (Lipinski definition) is 3. The van der Waals surface area contributed by atoms with Gasteiger partial charge in [0.25, 0.3) is 0 Å². The number of aromatic carboxylic acids is 1. The highest BCUT2D eigenvalue weighted by molar-refractivity contribution is 5.85. The Kier molecular flexibility index (Phi) is 4.24. The van der Waals surface area contributed by atoms with Gasteiger partial charge in [-0.1, -0.05) is 0 Å². The van der Waals surface area contributed by atoms with Crippen molar-refractivity contribution in [1.29, 1.82) is 0 Å². The van der Waals surface area contributed by atoms with Gasteiger partial charge in [-0.3, -0.25) is 0 Å². The minimum Gasteiger partial charge on any atom is -0.477 e. The molecule has 0 unspecified atom stereocenters. The Morgan fingerprint density at radius 1 is 1.20 bits per heavy atom. The maximum absolute atomic E-state index is 13.0. The molecule has 20 heavy (non-hydrogen) atoms. The van der Waals surface area contributed by atoms with Crippen LogP contribution in [0.15, 0.2) is 36.5 Å². The summed E-state index contributed by atoms with van der Waals surface area (Å²) in [6, 6.07) is 6.34. The smallest absolute Gasteiger partial charge is 0.354 e. The predicted molar refractivity (Wildman–Crippen MR) is 69.7 cm³/mol. The van der Waals surface area contributed by atoms with Crippen molar-refractivity contribution in [2.75, 3.05) is 11.9 Å². The van der Waals surface area contributed by atoms with Crippen LogP contribution in [0.2, 0.25) is 0 Å². The lowest BCUT2D eigenvalue weighted by molar-refractivity contribution is 0.0690. The molecule has 0 atom stereocenters. The Morgan fingerprint density at radius 3 is 2.45 bits per heavy atom. The molecule has 4 nitrogen and oxygen atoms in total. The SMILES string of the molecule is O=C(O)c1ccc(NCCc2cc(F)cc(F)c2)cn1. The number of nitrogens with one attached hydrogen (secondary N) is 1. The minimum atomic E-state index is -1.09. The summed E-state index contributed by atoms with van der Waals surface area (Å²) < 4.78 is 25.9. The van der Waals surface area contributed by atoms with Crippen molar-refractivity contribution in [3.05, 3.63) is 59.4 Å². The van der Waals surface area contributed by atoms with E-state index in [4.69, 9.17) is 5.11 Å². The van der Waals surface area contributed by atoms with E-state index in [1.54, 1.807) is 6.07 Å². The van der Waals surface area contributed by atoms with Crippen molar-refractivity contribution in [3.63, 3.8) is 0 Å². The zero-order valence-corrected chi connectivity index (χ0v) is 10.4. The van der Waals surface area contributed by atoms with Gasteiger partial charge in [0.2, 0.25) is 0 Å². The maximum atomic E-state index is 13.0. The zero-order chi connectivity index (χ0) is 14.5. The van der Waals surface area contributed by atoms with Gasteiger partial charge in [-0.15, -0.1) is 0 Å². The molecule has 0 spiro atoms. The number of benzene rings is 1. The molecule has 0 fully saturated rings. The van der Waals surface area contributed by atoms with Gasteiger partial charge in [-0.25, -0.2) is 18.6 Å². The molecule has 2 aromatic rings. The summed E-state index contributed by atoms with van der Waals surface area (Å²) in [4.78, 5) is 14.4. The fraction of sp³-hybridized carbons (Fsp3) is 0.143. The Labute approximate surface area is 114 Å². The standard InChI is InChI=1S/C14H12F2N2O2/c15-10-5-9(6-11(16)7-10)3-4-17-12-1-2-13(14(19)20)18-8-12/h1-2,5-8,17H,3-4H2,(H,19,20). The molecule has 0 radical (unpaired) electrons. The number of pyridine rings is 1.